The van der Waals surface area contributed by atoms with Crippen molar-refractivity contribution < 1.29 is 4.74 Å². The highest BCUT2D eigenvalue weighted by molar-refractivity contribution is 7.10. The van der Waals surface area contributed by atoms with Crippen molar-refractivity contribution in [3.05, 3.63) is 56.7 Å². The molecule has 0 saturated heterocycles. The van der Waals surface area contributed by atoms with Crippen molar-refractivity contribution in [3.8, 4) is 0 Å². The average molecular weight is 324 g/mol. The first kappa shape index (κ1) is 16.5. The molecule has 114 valence electrons. The van der Waals surface area contributed by atoms with Gasteiger partial charge < -0.3 is 10.1 Å². The molecule has 1 unspecified atom stereocenters. The summed E-state index contributed by atoms with van der Waals surface area (Å²) in [5, 5.41) is 6.48. The third-order valence-electron chi connectivity index (χ3n) is 3.41. The summed E-state index contributed by atoms with van der Waals surface area (Å²) in [5.74, 6) is 0. The molecule has 2 nitrogen and oxygen atoms in total. The fourth-order valence-electron chi connectivity index (χ4n) is 2.26. The molecule has 0 amide bonds. The van der Waals surface area contributed by atoms with E-state index in [0.717, 1.165) is 31.0 Å². The number of hydrogen-bond donors (Lipinski definition) is 1. The summed E-state index contributed by atoms with van der Waals surface area (Å²) < 4.78 is 5.12. The van der Waals surface area contributed by atoms with Crippen LogP contribution in [0.1, 0.15) is 35.4 Å². The van der Waals surface area contributed by atoms with Gasteiger partial charge in [-0.15, -0.1) is 11.3 Å². The van der Waals surface area contributed by atoms with Gasteiger partial charge in [0.1, 0.15) is 0 Å². The number of methoxy groups -OCH3 is 1. The summed E-state index contributed by atoms with van der Waals surface area (Å²) in [7, 11) is 1.73. The smallest absolute Gasteiger partial charge is 0.0686 e. The molecule has 0 saturated carbocycles. The number of rotatable bonds is 8. The third-order valence-corrected chi connectivity index (χ3v) is 4.84. The van der Waals surface area contributed by atoms with Crippen LogP contribution in [0.5, 0.6) is 0 Å². The van der Waals surface area contributed by atoms with Gasteiger partial charge in [0.25, 0.3) is 0 Å². The van der Waals surface area contributed by atoms with Gasteiger partial charge in [-0.25, -0.2) is 0 Å². The summed E-state index contributed by atoms with van der Waals surface area (Å²) in [4.78, 5) is 1.19. The van der Waals surface area contributed by atoms with Gasteiger partial charge in [0.05, 0.1) is 17.7 Å². The Hall–Kier alpha value is -0.870. The zero-order valence-corrected chi connectivity index (χ0v) is 14.1. The highest BCUT2D eigenvalue weighted by Crippen LogP contribution is 2.33. The molecular formula is C17H22ClNOS. The van der Waals surface area contributed by atoms with E-state index in [1.54, 1.807) is 18.4 Å². The maximum Gasteiger partial charge on any atom is 0.0686 e. The first-order valence-electron chi connectivity index (χ1n) is 7.30. The van der Waals surface area contributed by atoms with Crippen molar-refractivity contribution in [2.75, 3.05) is 20.3 Å². The SMILES string of the molecule is CCCNC(c1ccc(CCOC)cc1)c1sccc1Cl. The van der Waals surface area contributed by atoms with E-state index in [1.807, 2.05) is 11.4 Å². The Morgan fingerprint density at radius 3 is 2.57 bits per heavy atom. The Kier molecular flexibility index (Phi) is 6.71. The Balaban J connectivity index is 2.18. The fraction of sp³-hybridized carbons (Fsp3) is 0.412. The quantitative estimate of drug-likeness (QED) is 0.761. The highest BCUT2D eigenvalue weighted by atomic mass is 35.5. The second-order valence-corrected chi connectivity index (χ2v) is 6.36. The van der Waals surface area contributed by atoms with E-state index in [4.69, 9.17) is 16.3 Å². The molecule has 1 N–H and O–H groups in total. The molecule has 0 radical (unpaired) electrons. The number of hydrogen-bond acceptors (Lipinski definition) is 3. The van der Waals surface area contributed by atoms with E-state index in [9.17, 15) is 0 Å². The van der Waals surface area contributed by atoms with Crippen LogP contribution < -0.4 is 5.32 Å². The molecule has 0 spiro atoms. The normalized spacial score (nSPS) is 12.5. The Bertz CT molecular complexity index is 538. The van der Waals surface area contributed by atoms with Crippen LogP contribution >= 0.6 is 22.9 Å². The number of thiophene rings is 1. The van der Waals surface area contributed by atoms with Gasteiger partial charge in [-0.05, 0) is 42.0 Å². The Morgan fingerprint density at radius 1 is 1.24 bits per heavy atom. The molecule has 0 aliphatic carbocycles. The van der Waals surface area contributed by atoms with Crippen LogP contribution in [-0.4, -0.2) is 20.3 Å². The van der Waals surface area contributed by atoms with Crippen LogP contribution in [0, 0.1) is 0 Å². The van der Waals surface area contributed by atoms with Crippen molar-refractivity contribution >= 4 is 22.9 Å². The third kappa shape index (κ3) is 4.55. The lowest BCUT2D eigenvalue weighted by Crippen LogP contribution is -2.22. The number of halogens is 1. The van der Waals surface area contributed by atoms with Gasteiger partial charge in [0.15, 0.2) is 0 Å². The highest BCUT2D eigenvalue weighted by Gasteiger charge is 2.17. The lowest BCUT2D eigenvalue weighted by Gasteiger charge is -2.19. The molecule has 1 aromatic heterocycles. The van der Waals surface area contributed by atoms with Gasteiger partial charge in [-0.2, -0.15) is 0 Å². The molecule has 0 bridgehead atoms. The summed E-state index contributed by atoms with van der Waals surface area (Å²) in [6, 6.07) is 10.9. The van der Waals surface area contributed by atoms with Crippen LogP contribution in [0.15, 0.2) is 35.7 Å². The first-order chi connectivity index (χ1) is 10.3. The molecule has 1 aromatic carbocycles. The van der Waals surface area contributed by atoms with Crippen LogP contribution in [0.25, 0.3) is 0 Å². The van der Waals surface area contributed by atoms with Crippen molar-refractivity contribution in [1.29, 1.82) is 0 Å². The first-order valence-corrected chi connectivity index (χ1v) is 8.56. The fourth-order valence-corrected chi connectivity index (χ4v) is 3.53. The summed E-state index contributed by atoms with van der Waals surface area (Å²) in [6.07, 6.45) is 2.05. The molecule has 0 fully saturated rings. The topological polar surface area (TPSA) is 21.3 Å². The van der Waals surface area contributed by atoms with Gasteiger partial charge in [-0.3, -0.25) is 0 Å². The Labute approximate surface area is 136 Å². The molecule has 0 aliphatic heterocycles. The standard InChI is InChI=1S/C17H22ClNOS/c1-3-10-19-16(17-15(18)9-12-21-17)14-6-4-13(5-7-14)8-11-20-2/h4-7,9,12,16,19H,3,8,10-11H2,1-2H3. The minimum Gasteiger partial charge on any atom is -0.384 e. The van der Waals surface area contributed by atoms with Gasteiger partial charge in [-0.1, -0.05) is 42.8 Å². The van der Waals surface area contributed by atoms with Crippen LogP contribution in [0.4, 0.5) is 0 Å². The van der Waals surface area contributed by atoms with E-state index in [1.165, 1.54) is 16.0 Å². The maximum atomic E-state index is 6.32. The van der Waals surface area contributed by atoms with Crippen molar-refractivity contribution in [3.63, 3.8) is 0 Å². The second-order valence-electron chi connectivity index (χ2n) is 5.00. The minimum absolute atomic E-state index is 0.175. The number of benzene rings is 1. The lowest BCUT2D eigenvalue weighted by atomic mass is 10.0. The molecule has 21 heavy (non-hydrogen) atoms. The molecule has 2 rings (SSSR count). The molecule has 4 heteroatoms. The second kappa shape index (κ2) is 8.54. The Morgan fingerprint density at radius 2 is 2.00 bits per heavy atom. The summed E-state index contributed by atoms with van der Waals surface area (Å²) in [6.45, 7) is 3.91. The van der Waals surface area contributed by atoms with Crippen LogP contribution in [-0.2, 0) is 11.2 Å². The molecular weight excluding hydrogens is 302 g/mol. The van der Waals surface area contributed by atoms with E-state index < -0.39 is 0 Å². The van der Waals surface area contributed by atoms with Crippen molar-refractivity contribution in [1.82, 2.24) is 5.32 Å². The van der Waals surface area contributed by atoms with Crippen LogP contribution in [0.3, 0.4) is 0 Å². The van der Waals surface area contributed by atoms with E-state index in [2.05, 4.69) is 36.5 Å². The molecule has 2 aromatic rings. The van der Waals surface area contributed by atoms with E-state index >= 15 is 0 Å². The zero-order valence-electron chi connectivity index (χ0n) is 12.6. The van der Waals surface area contributed by atoms with Crippen LogP contribution in [0.2, 0.25) is 5.02 Å². The van der Waals surface area contributed by atoms with E-state index in [0.29, 0.717) is 0 Å². The summed E-state index contributed by atoms with van der Waals surface area (Å²) in [5.41, 5.74) is 2.56. The zero-order chi connectivity index (χ0) is 15.1. The number of ether oxygens (including phenoxy) is 1. The van der Waals surface area contributed by atoms with Crippen molar-refractivity contribution in [2.24, 2.45) is 0 Å². The lowest BCUT2D eigenvalue weighted by molar-refractivity contribution is 0.202. The predicted molar refractivity (Wildman–Crippen MR) is 91.5 cm³/mol. The van der Waals surface area contributed by atoms with Crippen molar-refractivity contribution in [2.45, 2.75) is 25.8 Å². The monoisotopic (exact) mass is 323 g/mol. The minimum atomic E-state index is 0.175. The molecule has 1 heterocycles. The summed E-state index contributed by atoms with van der Waals surface area (Å²) >= 11 is 8.02. The predicted octanol–water partition coefficient (Wildman–Crippen LogP) is 4.68. The largest absolute Gasteiger partial charge is 0.384 e. The molecule has 1 atom stereocenters. The molecule has 0 aliphatic rings. The van der Waals surface area contributed by atoms with Gasteiger partial charge in [0.2, 0.25) is 0 Å². The average Bonchev–Trinajstić information content (AvgIpc) is 2.93. The van der Waals surface area contributed by atoms with Gasteiger partial charge >= 0.3 is 0 Å². The van der Waals surface area contributed by atoms with Gasteiger partial charge in [0, 0.05) is 12.0 Å². The van der Waals surface area contributed by atoms with E-state index in [-0.39, 0.29) is 6.04 Å². The maximum absolute atomic E-state index is 6.32. The number of nitrogens with one attached hydrogen (secondary N) is 1.